The van der Waals surface area contributed by atoms with Crippen LogP contribution < -0.4 is 5.32 Å². The van der Waals surface area contributed by atoms with E-state index in [4.69, 9.17) is 4.74 Å². The van der Waals surface area contributed by atoms with Gasteiger partial charge in [0.1, 0.15) is 6.10 Å². The summed E-state index contributed by atoms with van der Waals surface area (Å²) in [7, 11) is 0. The summed E-state index contributed by atoms with van der Waals surface area (Å²) in [5.41, 5.74) is 0. The fourth-order valence-corrected chi connectivity index (χ4v) is 1.48. The van der Waals surface area contributed by atoms with Gasteiger partial charge in [-0.15, -0.1) is 0 Å². The van der Waals surface area contributed by atoms with Crippen molar-refractivity contribution >= 4 is 5.78 Å². The molecule has 13 heavy (non-hydrogen) atoms. The van der Waals surface area contributed by atoms with Crippen LogP contribution >= 0.6 is 0 Å². The summed E-state index contributed by atoms with van der Waals surface area (Å²) in [5, 5.41) is 3.16. The molecule has 0 amide bonds. The van der Waals surface area contributed by atoms with E-state index in [0.29, 0.717) is 19.6 Å². The smallest absolute Gasteiger partial charge is 0.162 e. The summed E-state index contributed by atoms with van der Waals surface area (Å²) >= 11 is 0. The first-order chi connectivity index (χ1) is 6.34. The van der Waals surface area contributed by atoms with E-state index in [1.165, 1.54) is 0 Å². The monoisotopic (exact) mass is 185 g/mol. The zero-order chi connectivity index (χ0) is 9.52. The second kappa shape index (κ2) is 6.11. The minimum Gasteiger partial charge on any atom is -0.368 e. The third-order valence-corrected chi connectivity index (χ3v) is 2.31. The number of carbonyl (C=O) groups is 1. The van der Waals surface area contributed by atoms with E-state index >= 15 is 0 Å². The van der Waals surface area contributed by atoms with Crippen LogP contribution in [0.4, 0.5) is 0 Å². The number of nitrogens with one attached hydrogen (secondary N) is 1. The first kappa shape index (κ1) is 10.7. The molecule has 1 unspecified atom stereocenters. The van der Waals surface area contributed by atoms with E-state index in [1.807, 2.05) is 0 Å². The normalized spacial score (nSPS) is 23.0. The van der Waals surface area contributed by atoms with Gasteiger partial charge in [-0.2, -0.15) is 0 Å². The van der Waals surface area contributed by atoms with Gasteiger partial charge in [0.2, 0.25) is 0 Å². The Kier molecular flexibility index (Phi) is 5.01. The maximum Gasteiger partial charge on any atom is 0.162 e. The van der Waals surface area contributed by atoms with Crippen molar-refractivity contribution in [3.05, 3.63) is 0 Å². The zero-order valence-corrected chi connectivity index (χ0v) is 8.34. The summed E-state index contributed by atoms with van der Waals surface area (Å²) in [6, 6.07) is 0. The summed E-state index contributed by atoms with van der Waals surface area (Å²) in [6.45, 7) is 4.39. The molecule has 0 aromatic carbocycles. The van der Waals surface area contributed by atoms with Gasteiger partial charge in [0, 0.05) is 19.5 Å². The highest BCUT2D eigenvalue weighted by Crippen LogP contribution is 2.05. The van der Waals surface area contributed by atoms with Gasteiger partial charge >= 0.3 is 0 Å². The van der Waals surface area contributed by atoms with E-state index < -0.39 is 0 Å². The Balaban J connectivity index is 2.13. The van der Waals surface area contributed by atoms with Crippen molar-refractivity contribution < 1.29 is 9.53 Å². The van der Waals surface area contributed by atoms with Gasteiger partial charge in [-0.3, -0.25) is 4.79 Å². The van der Waals surface area contributed by atoms with Crippen LogP contribution in [-0.4, -0.2) is 31.6 Å². The average molecular weight is 185 g/mol. The van der Waals surface area contributed by atoms with Crippen LogP contribution in [0, 0.1) is 0 Å². The van der Waals surface area contributed by atoms with Crippen molar-refractivity contribution in [3.63, 3.8) is 0 Å². The molecule has 0 aromatic heterocycles. The molecular weight excluding hydrogens is 166 g/mol. The molecule has 1 fully saturated rings. The second-order valence-electron chi connectivity index (χ2n) is 3.49. The molecule has 1 N–H and O–H groups in total. The van der Waals surface area contributed by atoms with E-state index in [1.54, 1.807) is 0 Å². The van der Waals surface area contributed by atoms with Gasteiger partial charge in [-0.05, 0) is 6.42 Å². The summed E-state index contributed by atoms with van der Waals surface area (Å²) in [4.78, 5) is 11.5. The maximum atomic E-state index is 11.5. The van der Waals surface area contributed by atoms with Gasteiger partial charge in [-0.1, -0.05) is 19.8 Å². The highest BCUT2D eigenvalue weighted by Gasteiger charge is 2.20. The fraction of sp³-hybridized carbons (Fsp3) is 0.900. The minimum atomic E-state index is -0.175. The predicted octanol–water partition coefficient (Wildman–Crippen LogP) is 1.12. The quantitative estimate of drug-likeness (QED) is 0.652. The van der Waals surface area contributed by atoms with E-state index in [-0.39, 0.29) is 11.9 Å². The van der Waals surface area contributed by atoms with Crippen LogP contribution in [0.25, 0.3) is 0 Å². The Morgan fingerprint density at radius 1 is 1.54 bits per heavy atom. The molecule has 1 saturated heterocycles. The molecule has 0 aromatic rings. The Hall–Kier alpha value is -0.410. The molecule has 0 bridgehead atoms. The lowest BCUT2D eigenvalue weighted by atomic mass is 10.1. The molecule has 0 saturated carbocycles. The van der Waals surface area contributed by atoms with Crippen LogP contribution in [0.3, 0.4) is 0 Å². The van der Waals surface area contributed by atoms with Gasteiger partial charge in [0.05, 0.1) is 6.61 Å². The van der Waals surface area contributed by atoms with E-state index in [0.717, 1.165) is 25.8 Å². The number of ether oxygens (including phenoxy) is 1. The number of morpholine rings is 1. The summed E-state index contributed by atoms with van der Waals surface area (Å²) in [6.07, 6.45) is 3.82. The lowest BCUT2D eigenvalue weighted by Crippen LogP contribution is -2.43. The van der Waals surface area contributed by atoms with Crippen molar-refractivity contribution in [2.24, 2.45) is 0 Å². The molecule has 3 nitrogen and oxygen atoms in total. The number of unbranched alkanes of at least 4 members (excludes halogenated alkanes) is 2. The van der Waals surface area contributed by atoms with Crippen molar-refractivity contribution in [3.8, 4) is 0 Å². The van der Waals surface area contributed by atoms with Crippen LogP contribution in [-0.2, 0) is 9.53 Å². The maximum absolute atomic E-state index is 11.5. The summed E-state index contributed by atoms with van der Waals surface area (Å²) in [5.74, 6) is 0.264. The molecule has 1 aliphatic heterocycles. The lowest BCUT2D eigenvalue weighted by molar-refractivity contribution is -0.132. The molecule has 1 rings (SSSR count). The SMILES string of the molecule is CCCCCC(=O)C1CNCCO1. The predicted molar refractivity (Wildman–Crippen MR) is 51.8 cm³/mol. The largest absolute Gasteiger partial charge is 0.368 e. The number of carbonyl (C=O) groups excluding carboxylic acids is 1. The summed E-state index contributed by atoms with van der Waals surface area (Å²) < 4.78 is 5.36. The lowest BCUT2D eigenvalue weighted by Gasteiger charge is -2.22. The Morgan fingerprint density at radius 3 is 3.00 bits per heavy atom. The Labute approximate surface area is 79.8 Å². The first-order valence-electron chi connectivity index (χ1n) is 5.19. The molecule has 76 valence electrons. The Morgan fingerprint density at radius 2 is 2.38 bits per heavy atom. The van der Waals surface area contributed by atoms with Crippen LogP contribution in [0.2, 0.25) is 0 Å². The van der Waals surface area contributed by atoms with Crippen molar-refractivity contribution in [1.82, 2.24) is 5.32 Å². The minimum absolute atomic E-state index is 0.175. The molecule has 1 heterocycles. The van der Waals surface area contributed by atoms with Crippen LogP contribution in [0.15, 0.2) is 0 Å². The zero-order valence-electron chi connectivity index (χ0n) is 8.34. The third kappa shape index (κ3) is 3.87. The second-order valence-corrected chi connectivity index (χ2v) is 3.49. The van der Waals surface area contributed by atoms with Crippen molar-refractivity contribution in [2.75, 3.05) is 19.7 Å². The topological polar surface area (TPSA) is 38.3 Å². The molecular formula is C10H19NO2. The first-order valence-corrected chi connectivity index (χ1v) is 5.19. The van der Waals surface area contributed by atoms with Gasteiger partial charge in [0.15, 0.2) is 5.78 Å². The number of Topliss-reactive ketones (excluding diaryl/α,β-unsaturated/α-hetero) is 1. The number of hydrogen-bond acceptors (Lipinski definition) is 3. The molecule has 0 radical (unpaired) electrons. The van der Waals surface area contributed by atoms with E-state index in [2.05, 4.69) is 12.2 Å². The molecule has 1 aliphatic rings. The van der Waals surface area contributed by atoms with E-state index in [9.17, 15) is 4.79 Å². The Bertz CT molecular complexity index is 153. The van der Waals surface area contributed by atoms with Crippen LogP contribution in [0.5, 0.6) is 0 Å². The highest BCUT2D eigenvalue weighted by atomic mass is 16.5. The van der Waals surface area contributed by atoms with Gasteiger partial charge in [0.25, 0.3) is 0 Å². The third-order valence-electron chi connectivity index (χ3n) is 2.31. The van der Waals surface area contributed by atoms with Crippen molar-refractivity contribution in [2.45, 2.75) is 38.7 Å². The number of ketones is 1. The van der Waals surface area contributed by atoms with Gasteiger partial charge < -0.3 is 10.1 Å². The highest BCUT2D eigenvalue weighted by molar-refractivity contribution is 5.83. The molecule has 0 aliphatic carbocycles. The molecule has 1 atom stereocenters. The fourth-order valence-electron chi connectivity index (χ4n) is 1.48. The van der Waals surface area contributed by atoms with Gasteiger partial charge in [-0.25, -0.2) is 0 Å². The molecule has 3 heteroatoms. The van der Waals surface area contributed by atoms with Crippen molar-refractivity contribution in [1.29, 1.82) is 0 Å². The van der Waals surface area contributed by atoms with Crippen LogP contribution in [0.1, 0.15) is 32.6 Å². The standard InChI is InChI=1S/C10H19NO2/c1-2-3-4-5-9(12)10-8-11-6-7-13-10/h10-11H,2-8H2,1H3. The average Bonchev–Trinajstić information content (AvgIpc) is 2.19. The number of rotatable bonds is 5. The number of hydrogen-bond donors (Lipinski definition) is 1. The molecule has 0 spiro atoms.